The van der Waals surface area contributed by atoms with Crippen LogP contribution >= 0.6 is 0 Å². The molecule has 0 amide bonds. The highest BCUT2D eigenvalue weighted by atomic mass is 16.5. The first-order valence-corrected chi connectivity index (χ1v) is 5.87. The van der Waals surface area contributed by atoms with Crippen molar-refractivity contribution >= 4 is 5.97 Å². The molecule has 17 heavy (non-hydrogen) atoms. The van der Waals surface area contributed by atoms with Gasteiger partial charge in [0, 0.05) is 6.42 Å². The third kappa shape index (κ3) is 5.47. The summed E-state index contributed by atoms with van der Waals surface area (Å²) in [6, 6.07) is 6.83. The molecular weight excluding hydrogens is 218 g/mol. The van der Waals surface area contributed by atoms with Crippen molar-refractivity contribution in [3.8, 4) is 5.75 Å². The number of hydrogen-bond acceptors (Lipinski definition) is 4. The lowest BCUT2D eigenvalue weighted by Gasteiger charge is -2.04. The van der Waals surface area contributed by atoms with Crippen LogP contribution in [0.4, 0.5) is 0 Å². The van der Waals surface area contributed by atoms with E-state index in [-0.39, 0.29) is 12.6 Å². The van der Waals surface area contributed by atoms with E-state index in [0.717, 1.165) is 24.8 Å². The van der Waals surface area contributed by atoms with Crippen molar-refractivity contribution in [3.05, 3.63) is 29.8 Å². The predicted octanol–water partition coefficient (Wildman–Crippen LogP) is 1.60. The zero-order valence-corrected chi connectivity index (χ0v) is 9.89. The smallest absolute Gasteiger partial charge is 0.311 e. The van der Waals surface area contributed by atoms with E-state index in [2.05, 4.69) is 0 Å². The summed E-state index contributed by atoms with van der Waals surface area (Å²) < 4.78 is 5.14. The first-order valence-electron chi connectivity index (χ1n) is 5.87. The summed E-state index contributed by atoms with van der Waals surface area (Å²) in [5, 5.41) is 8.86. The van der Waals surface area contributed by atoms with Crippen molar-refractivity contribution in [2.24, 2.45) is 5.73 Å². The van der Waals surface area contributed by atoms with Crippen LogP contribution in [0, 0.1) is 0 Å². The van der Waals surface area contributed by atoms with Crippen molar-refractivity contribution in [2.75, 3.05) is 6.54 Å². The summed E-state index contributed by atoms with van der Waals surface area (Å²) in [6.07, 6.45) is 3.13. The normalized spacial score (nSPS) is 10.2. The van der Waals surface area contributed by atoms with Crippen LogP contribution in [-0.2, 0) is 11.4 Å². The average molecular weight is 237 g/mol. The van der Waals surface area contributed by atoms with Gasteiger partial charge in [-0.15, -0.1) is 0 Å². The van der Waals surface area contributed by atoms with E-state index >= 15 is 0 Å². The lowest BCUT2D eigenvalue weighted by Crippen LogP contribution is -2.08. The fourth-order valence-electron chi connectivity index (χ4n) is 1.44. The summed E-state index contributed by atoms with van der Waals surface area (Å²) in [5.74, 6) is 0.296. The number of unbranched alkanes of at least 4 members (excludes halogenated alkanes) is 2. The molecule has 0 heterocycles. The molecule has 94 valence electrons. The Morgan fingerprint density at radius 3 is 2.47 bits per heavy atom. The van der Waals surface area contributed by atoms with Gasteiger partial charge in [0.15, 0.2) is 0 Å². The molecule has 0 aromatic heterocycles. The SMILES string of the molecule is NCCCCCC(=O)Oc1ccc(CO)cc1. The maximum Gasteiger partial charge on any atom is 0.311 e. The van der Waals surface area contributed by atoms with Gasteiger partial charge < -0.3 is 15.6 Å². The maximum atomic E-state index is 11.4. The third-order valence-corrected chi connectivity index (χ3v) is 2.42. The summed E-state index contributed by atoms with van der Waals surface area (Å²) in [7, 11) is 0. The van der Waals surface area contributed by atoms with E-state index < -0.39 is 0 Å². The molecular formula is C13H19NO3. The average Bonchev–Trinajstić information content (AvgIpc) is 2.36. The van der Waals surface area contributed by atoms with Gasteiger partial charge in [0.05, 0.1) is 6.61 Å². The number of nitrogens with two attached hydrogens (primary N) is 1. The molecule has 0 radical (unpaired) electrons. The number of esters is 1. The summed E-state index contributed by atoms with van der Waals surface area (Å²) in [6.45, 7) is 0.658. The van der Waals surface area contributed by atoms with Gasteiger partial charge in [0.25, 0.3) is 0 Å². The highest BCUT2D eigenvalue weighted by Crippen LogP contribution is 2.13. The number of aliphatic hydroxyl groups excluding tert-OH is 1. The van der Waals surface area contributed by atoms with Crippen LogP contribution in [0.25, 0.3) is 0 Å². The summed E-state index contributed by atoms with van der Waals surface area (Å²) in [5.41, 5.74) is 6.16. The lowest BCUT2D eigenvalue weighted by molar-refractivity contribution is -0.134. The van der Waals surface area contributed by atoms with E-state index in [0.29, 0.717) is 18.7 Å². The zero-order chi connectivity index (χ0) is 12.5. The Morgan fingerprint density at radius 1 is 1.18 bits per heavy atom. The molecule has 4 nitrogen and oxygen atoms in total. The molecule has 0 fully saturated rings. The van der Waals surface area contributed by atoms with Gasteiger partial charge in [0.2, 0.25) is 0 Å². The first kappa shape index (κ1) is 13.7. The van der Waals surface area contributed by atoms with Gasteiger partial charge in [-0.25, -0.2) is 0 Å². The van der Waals surface area contributed by atoms with E-state index in [4.69, 9.17) is 15.6 Å². The van der Waals surface area contributed by atoms with Crippen molar-refractivity contribution in [2.45, 2.75) is 32.3 Å². The Hall–Kier alpha value is -1.39. The largest absolute Gasteiger partial charge is 0.427 e. The second-order valence-electron chi connectivity index (χ2n) is 3.88. The van der Waals surface area contributed by atoms with Crippen LogP contribution in [0.1, 0.15) is 31.2 Å². The maximum absolute atomic E-state index is 11.4. The standard InChI is InChI=1S/C13H19NO3/c14-9-3-1-2-4-13(16)17-12-7-5-11(10-15)6-8-12/h5-8,15H,1-4,9-10,14H2. The molecule has 3 N–H and O–H groups in total. The van der Waals surface area contributed by atoms with Crippen LogP contribution in [-0.4, -0.2) is 17.6 Å². The Morgan fingerprint density at radius 2 is 1.88 bits per heavy atom. The van der Waals surface area contributed by atoms with Gasteiger partial charge in [-0.05, 0) is 37.1 Å². The molecule has 4 heteroatoms. The number of hydrogen-bond donors (Lipinski definition) is 2. The first-order chi connectivity index (χ1) is 8.26. The highest BCUT2D eigenvalue weighted by molar-refractivity contribution is 5.72. The summed E-state index contributed by atoms with van der Waals surface area (Å²) >= 11 is 0. The second kappa shape index (κ2) is 7.81. The van der Waals surface area contributed by atoms with Gasteiger partial charge in [-0.2, -0.15) is 0 Å². The number of benzene rings is 1. The quantitative estimate of drug-likeness (QED) is 0.429. The minimum absolute atomic E-state index is 0.00663. The molecule has 1 aromatic carbocycles. The Kier molecular flexibility index (Phi) is 6.29. The summed E-state index contributed by atoms with van der Waals surface area (Å²) in [4.78, 5) is 11.4. The number of carbonyl (C=O) groups excluding carboxylic acids is 1. The van der Waals surface area contributed by atoms with E-state index in [1.165, 1.54) is 0 Å². The molecule has 0 unspecified atom stereocenters. The molecule has 0 saturated heterocycles. The van der Waals surface area contributed by atoms with Gasteiger partial charge in [-0.3, -0.25) is 4.79 Å². The second-order valence-corrected chi connectivity index (χ2v) is 3.88. The van der Waals surface area contributed by atoms with Crippen molar-refractivity contribution in [1.82, 2.24) is 0 Å². The molecule has 0 aliphatic heterocycles. The fourth-order valence-corrected chi connectivity index (χ4v) is 1.44. The van der Waals surface area contributed by atoms with Crippen LogP contribution < -0.4 is 10.5 Å². The number of aliphatic hydroxyl groups is 1. The van der Waals surface area contributed by atoms with Crippen molar-refractivity contribution in [3.63, 3.8) is 0 Å². The molecule has 0 atom stereocenters. The van der Waals surface area contributed by atoms with E-state index in [1.807, 2.05) is 0 Å². The number of rotatable bonds is 7. The zero-order valence-electron chi connectivity index (χ0n) is 9.89. The van der Waals surface area contributed by atoms with Crippen LogP contribution in [0.2, 0.25) is 0 Å². The minimum atomic E-state index is -0.223. The van der Waals surface area contributed by atoms with Crippen molar-refractivity contribution in [1.29, 1.82) is 0 Å². The Labute approximate surface area is 101 Å². The fraction of sp³-hybridized carbons (Fsp3) is 0.462. The highest BCUT2D eigenvalue weighted by Gasteiger charge is 2.04. The molecule has 0 aliphatic rings. The van der Waals surface area contributed by atoms with E-state index in [1.54, 1.807) is 24.3 Å². The van der Waals surface area contributed by atoms with Gasteiger partial charge in [0.1, 0.15) is 5.75 Å². The minimum Gasteiger partial charge on any atom is -0.427 e. The molecule has 1 aromatic rings. The number of carbonyl (C=O) groups is 1. The van der Waals surface area contributed by atoms with Gasteiger partial charge in [-0.1, -0.05) is 18.6 Å². The Balaban J connectivity index is 2.29. The Bertz CT molecular complexity index is 335. The van der Waals surface area contributed by atoms with Crippen molar-refractivity contribution < 1.29 is 14.6 Å². The molecule has 1 rings (SSSR count). The van der Waals surface area contributed by atoms with E-state index in [9.17, 15) is 4.79 Å². The molecule has 0 bridgehead atoms. The number of ether oxygens (including phenoxy) is 1. The topological polar surface area (TPSA) is 72.6 Å². The lowest BCUT2D eigenvalue weighted by atomic mass is 10.2. The molecule has 0 spiro atoms. The van der Waals surface area contributed by atoms with Gasteiger partial charge >= 0.3 is 5.97 Å². The van der Waals surface area contributed by atoms with Crippen LogP contribution in [0.5, 0.6) is 5.75 Å². The predicted molar refractivity (Wildman–Crippen MR) is 65.5 cm³/mol. The monoisotopic (exact) mass is 237 g/mol. The van der Waals surface area contributed by atoms with Crippen LogP contribution in [0.3, 0.4) is 0 Å². The molecule has 0 aliphatic carbocycles. The third-order valence-electron chi connectivity index (χ3n) is 2.42. The van der Waals surface area contributed by atoms with Crippen LogP contribution in [0.15, 0.2) is 24.3 Å². The molecule has 0 saturated carbocycles.